The maximum Gasteiger partial charge on any atom is 0.240 e. The van der Waals surface area contributed by atoms with Crippen LogP contribution in [0, 0.1) is 0 Å². The minimum Gasteiger partial charge on any atom is -0.338 e. The van der Waals surface area contributed by atoms with Gasteiger partial charge in [0.05, 0.1) is 12.7 Å². The van der Waals surface area contributed by atoms with Crippen molar-refractivity contribution in [3.8, 4) is 0 Å². The molecule has 0 atom stereocenters. The molecule has 6 nitrogen and oxygen atoms in total. The molecule has 1 aliphatic carbocycles. The van der Waals surface area contributed by atoms with Crippen LogP contribution in [0.15, 0.2) is 16.9 Å². The van der Waals surface area contributed by atoms with Crippen molar-refractivity contribution in [1.29, 1.82) is 0 Å². The quantitative estimate of drug-likeness (QED) is 0.923. The predicted octanol–water partition coefficient (Wildman–Crippen LogP) is 2.05. The fourth-order valence-electron chi connectivity index (χ4n) is 2.94. The van der Waals surface area contributed by atoms with Gasteiger partial charge in [0, 0.05) is 12.1 Å². The van der Waals surface area contributed by atoms with Crippen LogP contribution in [-0.4, -0.2) is 38.3 Å². The molecule has 0 bridgehead atoms. The molecule has 0 spiro atoms. The Bertz CT molecular complexity index is 552. The fourth-order valence-corrected chi connectivity index (χ4v) is 2.94. The monoisotopic (exact) mass is 273 g/mol. The zero-order valence-corrected chi connectivity index (χ0v) is 11.5. The van der Waals surface area contributed by atoms with E-state index in [1.54, 1.807) is 0 Å². The van der Waals surface area contributed by atoms with Gasteiger partial charge in [0.15, 0.2) is 5.82 Å². The largest absolute Gasteiger partial charge is 0.338 e. The van der Waals surface area contributed by atoms with E-state index in [4.69, 9.17) is 4.52 Å². The Morgan fingerprint density at radius 2 is 2.05 bits per heavy atom. The molecule has 106 valence electrons. The number of H-pyrrole nitrogens is 1. The average molecular weight is 273 g/mol. The Balaban J connectivity index is 1.32. The first-order chi connectivity index (χ1) is 9.88. The number of hydrogen-bond acceptors (Lipinski definition) is 5. The molecule has 0 amide bonds. The van der Waals surface area contributed by atoms with E-state index < -0.39 is 0 Å². The summed E-state index contributed by atoms with van der Waals surface area (Å²) in [5.41, 5.74) is 1.33. The zero-order valence-electron chi connectivity index (χ0n) is 11.5. The van der Waals surface area contributed by atoms with E-state index in [1.165, 1.54) is 31.2 Å². The summed E-state index contributed by atoms with van der Waals surface area (Å²) in [6, 6.07) is 0. The summed E-state index contributed by atoms with van der Waals surface area (Å²) in [5, 5.41) is 11.0. The lowest BCUT2D eigenvalue weighted by Gasteiger charge is -2.30. The van der Waals surface area contributed by atoms with Crippen LogP contribution in [0.2, 0.25) is 0 Å². The molecule has 20 heavy (non-hydrogen) atoms. The van der Waals surface area contributed by atoms with E-state index in [0.29, 0.717) is 11.8 Å². The first-order valence-corrected chi connectivity index (χ1v) is 7.42. The number of piperidine rings is 1. The lowest BCUT2D eigenvalue weighted by atomic mass is 9.92. The van der Waals surface area contributed by atoms with E-state index in [0.717, 1.165) is 31.3 Å². The van der Waals surface area contributed by atoms with E-state index in [9.17, 15) is 0 Å². The molecule has 0 radical (unpaired) electrons. The van der Waals surface area contributed by atoms with Crippen molar-refractivity contribution in [2.75, 3.05) is 13.1 Å². The molecular weight excluding hydrogens is 254 g/mol. The van der Waals surface area contributed by atoms with Crippen LogP contribution >= 0.6 is 0 Å². The molecule has 2 aromatic heterocycles. The maximum absolute atomic E-state index is 5.35. The van der Waals surface area contributed by atoms with Gasteiger partial charge in [-0.2, -0.15) is 10.1 Å². The van der Waals surface area contributed by atoms with Crippen molar-refractivity contribution in [3.63, 3.8) is 0 Å². The molecule has 1 aliphatic heterocycles. The smallest absolute Gasteiger partial charge is 0.240 e. The summed E-state index contributed by atoms with van der Waals surface area (Å²) >= 11 is 0. The van der Waals surface area contributed by atoms with Crippen LogP contribution in [0.1, 0.15) is 54.8 Å². The highest BCUT2D eigenvalue weighted by Gasteiger charge is 2.29. The number of aromatic amines is 1. The summed E-state index contributed by atoms with van der Waals surface area (Å²) in [4.78, 5) is 6.90. The Morgan fingerprint density at radius 1 is 1.20 bits per heavy atom. The van der Waals surface area contributed by atoms with Gasteiger partial charge >= 0.3 is 0 Å². The molecule has 2 aromatic rings. The minimum atomic E-state index is 0.569. The Labute approximate surface area is 117 Å². The Kier molecular flexibility index (Phi) is 3.03. The van der Waals surface area contributed by atoms with Crippen LogP contribution < -0.4 is 0 Å². The van der Waals surface area contributed by atoms with Crippen molar-refractivity contribution in [1.82, 2.24) is 25.2 Å². The van der Waals surface area contributed by atoms with E-state index in [-0.39, 0.29) is 0 Å². The highest BCUT2D eigenvalue weighted by Crippen LogP contribution is 2.38. The fraction of sp³-hybridized carbons (Fsp3) is 0.643. The number of hydrogen-bond donors (Lipinski definition) is 1. The van der Waals surface area contributed by atoms with Crippen molar-refractivity contribution < 1.29 is 4.52 Å². The zero-order chi connectivity index (χ0) is 13.4. The van der Waals surface area contributed by atoms with Gasteiger partial charge in [0.1, 0.15) is 0 Å². The second-order valence-electron chi connectivity index (χ2n) is 5.90. The van der Waals surface area contributed by atoms with Crippen LogP contribution in [0.5, 0.6) is 0 Å². The Hall–Kier alpha value is -1.69. The summed E-state index contributed by atoms with van der Waals surface area (Å²) < 4.78 is 5.35. The summed E-state index contributed by atoms with van der Waals surface area (Å²) in [6.07, 6.45) is 8.73. The number of rotatable bonds is 4. The molecule has 4 rings (SSSR count). The van der Waals surface area contributed by atoms with Gasteiger partial charge in [-0.3, -0.25) is 10.00 Å². The highest BCUT2D eigenvalue weighted by atomic mass is 16.5. The van der Waals surface area contributed by atoms with Gasteiger partial charge in [-0.15, -0.1) is 0 Å². The second-order valence-corrected chi connectivity index (χ2v) is 5.90. The highest BCUT2D eigenvalue weighted by molar-refractivity contribution is 5.11. The third-order valence-electron chi connectivity index (χ3n) is 4.36. The molecule has 1 N–H and O–H groups in total. The SMILES string of the molecule is c1n[nH]cc1C1CCN(Cc2nc(C3CC3)no2)CC1. The van der Waals surface area contributed by atoms with E-state index in [1.807, 2.05) is 12.4 Å². The lowest BCUT2D eigenvalue weighted by Crippen LogP contribution is -2.32. The number of nitrogens with zero attached hydrogens (tertiary/aromatic N) is 4. The van der Waals surface area contributed by atoms with Crippen molar-refractivity contribution in [2.24, 2.45) is 0 Å². The summed E-state index contributed by atoms with van der Waals surface area (Å²) in [5.74, 6) is 2.89. The van der Waals surface area contributed by atoms with Gasteiger partial charge in [-0.05, 0) is 50.3 Å². The standard InChI is InChI=1S/C14H19N5O/c1-2-11(1)14-17-13(20-18-14)9-19-5-3-10(4-6-19)12-7-15-16-8-12/h7-8,10-11H,1-6,9H2,(H,15,16). The van der Waals surface area contributed by atoms with E-state index in [2.05, 4.69) is 25.2 Å². The summed E-state index contributed by atoms with van der Waals surface area (Å²) in [6.45, 7) is 2.95. The van der Waals surface area contributed by atoms with Crippen LogP contribution in [-0.2, 0) is 6.54 Å². The average Bonchev–Trinajstić information content (AvgIpc) is 3.00. The van der Waals surface area contributed by atoms with Crippen molar-refractivity contribution in [3.05, 3.63) is 29.7 Å². The van der Waals surface area contributed by atoms with Crippen molar-refractivity contribution >= 4 is 0 Å². The van der Waals surface area contributed by atoms with Crippen molar-refractivity contribution in [2.45, 2.75) is 44.1 Å². The predicted molar refractivity (Wildman–Crippen MR) is 72.1 cm³/mol. The third kappa shape index (κ3) is 2.47. The number of likely N-dealkylation sites (tertiary alicyclic amines) is 1. The first-order valence-electron chi connectivity index (χ1n) is 7.42. The van der Waals surface area contributed by atoms with Crippen LogP contribution in [0.4, 0.5) is 0 Å². The molecule has 2 fully saturated rings. The molecule has 1 saturated heterocycles. The first kappa shape index (κ1) is 12.1. The third-order valence-corrected chi connectivity index (χ3v) is 4.36. The second kappa shape index (κ2) is 5.01. The molecule has 6 heteroatoms. The lowest BCUT2D eigenvalue weighted by molar-refractivity contribution is 0.181. The van der Waals surface area contributed by atoms with Gasteiger partial charge in [-0.1, -0.05) is 5.16 Å². The van der Waals surface area contributed by atoms with Gasteiger partial charge < -0.3 is 4.52 Å². The maximum atomic E-state index is 5.35. The Morgan fingerprint density at radius 3 is 2.75 bits per heavy atom. The van der Waals surface area contributed by atoms with Gasteiger partial charge in [0.25, 0.3) is 0 Å². The molecular formula is C14H19N5O. The van der Waals surface area contributed by atoms with E-state index >= 15 is 0 Å². The molecule has 2 aliphatic rings. The van der Waals surface area contributed by atoms with Gasteiger partial charge in [0.2, 0.25) is 5.89 Å². The minimum absolute atomic E-state index is 0.569. The molecule has 0 aromatic carbocycles. The molecule has 1 saturated carbocycles. The molecule has 0 unspecified atom stereocenters. The van der Waals surface area contributed by atoms with Crippen LogP contribution in [0.25, 0.3) is 0 Å². The normalized spacial score (nSPS) is 21.4. The topological polar surface area (TPSA) is 70.8 Å². The molecule has 3 heterocycles. The number of nitrogens with one attached hydrogen (secondary N) is 1. The van der Waals surface area contributed by atoms with Crippen LogP contribution in [0.3, 0.4) is 0 Å². The summed E-state index contributed by atoms with van der Waals surface area (Å²) in [7, 11) is 0. The number of aromatic nitrogens is 4. The van der Waals surface area contributed by atoms with Gasteiger partial charge in [-0.25, -0.2) is 0 Å².